The summed E-state index contributed by atoms with van der Waals surface area (Å²) in [5, 5.41) is 28.6. The largest absolute Gasteiger partial charge is 0.869 e. The second-order valence-electron chi connectivity index (χ2n) is 4.27. The Hall–Kier alpha value is -2.19. The molecule has 0 atom stereocenters. The zero-order chi connectivity index (χ0) is 17.0. The molecule has 0 fully saturated rings. The fourth-order valence-electron chi connectivity index (χ4n) is 1.63. The van der Waals surface area contributed by atoms with Gasteiger partial charge < -0.3 is 19.4 Å². The number of aromatic nitrogens is 2. The molecule has 0 bridgehead atoms. The van der Waals surface area contributed by atoms with Crippen molar-refractivity contribution in [1.82, 2.24) is 10.2 Å². The van der Waals surface area contributed by atoms with Gasteiger partial charge in [0.05, 0.1) is 7.11 Å². The summed E-state index contributed by atoms with van der Waals surface area (Å²) in [6, 6.07) is 2.77. The molecule has 1 aromatic carbocycles. The molecule has 0 saturated carbocycles. The van der Waals surface area contributed by atoms with Gasteiger partial charge in [-0.1, -0.05) is 18.5 Å². The number of ether oxygens (including phenoxy) is 1. The summed E-state index contributed by atoms with van der Waals surface area (Å²) in [6.45, 7) is 1.84. The molecule has 0 unspecified atom stereocenters. The summed E-state index contributed by atoms with van der Waals surface area (Å²) in [5.41, 5.74) is 0.409. The molecule has 2 rings (SSSR count). The van der Waals surface area contributed by atoms with Crippen LogP contribution in [-0.2, 0) is 11.2 Å². The van der Waals surface area contributed by atoms with E-state index in [2.05, 4.69) is 10.2 Å². The molecule has 23 heavy (non-hydrogen) atoms. The molecule has 0 aliphatic heterocycles. The number of nitrogens with zero attached hydrogens (tertiary/aromatic N) is 2. The first-order chi connectivity index (χ1) is 10.9. The van der Waals surface area contributed by atoms with Crippen LogP contribution in [-0.4, -0.2) is 28.4 Å². The van der Waals surface area contributed by atoms with Crippen LogP contribution in [0.15, 0.2) is 26.7 Å². The van der Waals surface area contributed by atoms with Crippen LogP contribution in [0.2, 0.25) is 5.02 Å². The normalized spacial score (nSPS) is 11.5. The van der Waals surface area contributed by atoms with E-state index in [0.717, 1.165) is 11.8 Å². The number of thioether (sulfide) groups is 1. The van der Waals surface area contributed by atoms with Gasteiger partial charge in [-0.15, -0.1) is 10.2 Å². The second-order valence-corrected chi connectivity index (χ2v) is 5.67. The third-order valence-corrected chi connectivity index (χ3v) is 3.84. The number of halogens is 1. The highest BCUT2D eigenvalue weighted by molar-refractivity contribution is 8.03. The quantitative estimate of drug-likeness (QED) is 0.622. The van der Waals surface area contributed by atoms with Gasteiger partial charge in [-0.2, -0.15) is 0 Å². The smallest absolute Gasteiger partial charge is 0.342 e. The van der Waals surface area contributed by atoms with E-state index in [4.69, 9.17) is 20.8 Å². The van der Waals surface area contributed by atoms with Crippen molar-refractivity contribution in [3.8, 4) is 11.5 Å². The highest BCUT2D eigenvalue weighted by Crippen LogP contribution is 2.35. The Morgan fingerprint density at radius 2 is 2.26 bits per heavy atom. The number of carbonyl (C=O) groups is 1. The Labute approximate surface area is 140 Å². The van der Waals surface area contributed by atoms with Crippen LogP contribution in [0, 0.1) is 0 Å². The number of benzene rings is 1. The van der Waals surface area contributed by atoms with Crippen molar-refractivity contribution < 1.29 is 24.2 Å². The lowest BCUT2D eigenvalue weighted by Crippen LogP contribution is -1.99. The van der Waals surface area contributed by atoms with E-state index in [1.165, 1.54) is 25.3 Å². The van der Waals surface area contributed by atoms with Crippen LogP contribution in [0.25, 0.3) is 6.08 Å². The summed E-state index contributed by atoms with van der Waals surface area (Å²) in [6.07, 6.45) is 1.90. The number of aryl methyl sites for hydroxylation is 1. The number of methoxy groups -OCH3 is 1. The van der Waals surface area contributed by atoms with E-state index in [9.17, 15) is 15.0 Å². The zero-order valence-electron chi connectivity index (χ0n) is 12.2. The predicted molar refractivity (Wildman–Crippen MR) is 82.6 cm³/mol. The van der Waals surface area contributed by atoms with E-state index in [1.54, 1.807) is 0 Å². The number of carboxylic acids is 1. The fourth-order valence-corrected chi connectivity index (χ4v) is 2.53. The van der Waals surface area contributed by atoms with Gasteiger partial charge in [0.15, 0.2) is 0 Å². The minimum atomic E-state index is -1.17. The summed E-state index contributed by atoms with van der Waals surface area (Å²) in [5.74, 6) is -1.19. The number of aliphatic carboxylic acids is 1. The third kappa shape index (κ3) is 4.17. The van der Waals surface area contributed by atoms with Crippen molar-refractivity contribution in [3.05, 3.63) is 33.5 Å². The molecule has 0 aliphatic carbocycles. The van der Waals surface area contributed by atoms with Gasteiger partial charge in [-0.25, -0.2) is 4.79 Å². The van der Waals surface area contributed by atoms with Gasteiger partial charge >= 0.3 is 5.97 Å². The fraction of sp³-hybridized carbons (Fsp3) is 0.214. The number of rotatable bonds is 6. The molecule has 0 radical (unpaired) electrons. The first-order valence-corrected chi connectivity index (χ1v) is 7.63. The monoisotopic (exact) mass is 355 g/mol. The first-order valence-electron chi connectivity index (χ1n) is 6.44. The average molecular weight is 356 g/mol. The van der Waals surface area contributed by atoms with E-state index in [1.807, 2.05) is 6.92 Å². The van der Waals surface area contributed by atoms with Crippen LogP contribution in [0.5, 0.6) is 11.5 Å². The van der Waals surface area contributed by atoms with Gasteiger partial charge in [0.2, 0.25) is 5.89 Å². The molecule has 0 spiro atoms. The first kappa shape index (κ1) is 17.2. The van der Waals surface area contributed by atoms with Crippen molar-refractivity contribution in [3.63, 3.8) is 0 Å². The molecule has 7 nitrogen and oxygen atoms in total. The molecule has 2 aromatic rings. The molecule has 0 aliphatic rings. The Kier molecular flexibility index (Phi) is 5.51. The molecule has 0 saturated heterocycles. The van der Waals surface area contributed by atoms with Crippen LogP contribution in [0.3, 0.4) is 0 Å². The standard InChI is InChI=1S/C14H13ClN2O5S/c1-3-11-16-17-14(22-11)23-10(13(19)20)6-7-4-8(15)12(18)9(5-7)21-2/h4-6,18H,3H2,1-2H3,(H,19,20)/p-1/b10-6-. The highest BCUT2D eigenvalue weighted by Gasteiger charge is 2.15. The maximum absolute atomic E-state index is 11.7. The summed E-state index contributed by atoms with van der Waals surface area (Å²) < 4.78 is 10.2. The average Bonchev–Trinajstić information content (AvgIpc) is 2.97. The lowest BCUT2D eigenvalue weighted by molar-refractivity contribution is -0.269. The number of hydrogen-bond acceptors (Lipinski definition) is 7. The van der Waals surface area contributed by atoms with Crippen molar-refractivity contribution in [2.75, 3.05) is 7.11 Å². The Bertz CT molecular complexity index is 760. The molecule has 0 amide bonds. The second kappa shape index (κ2) is 7.38. The van der Waals surface area contributed by atoms with Crippen LogP contribution in [0.1, 0.15) is 18.4 Å². The van der Waals surface area contributed by atoms with Gasteiger partial charge in [-0.3, -0.25) is 0 Å². The molecule has 1 aromatic heterocycles. The Morgan fingerprint density at radius 3 is 2.83 bits per heavy atom. The van der Waals surface area contributed by atoms with E-state index in [0.29, 0.717) is 17.9 Å². The Morgan fingerprint density at radius 1 is 1.52 bits per heavy atom. The molecular formula is C14H12ClN2O5S-. The topological polar surface area (TPSA) is 109 Å². The lowest BCUT2D eigenvalue weighted by Gasteiger charge is -2.15. The Balaban J connectivity index is 2.35. The van der Waals surface area contributed by atoms with Crippen molar-refractivity contribution in [2.45, 2.75) is 18.6 Å². The summed E-state index contributed by atoms with van der Waals surface area (Å²) in [7, 11) is 1.33. The van der Waals surface area contributed by atoms with Crippen LogP contribution >= 0.6 is 23.4 Å². The molecular weight excluding hydrogens is 344 g/mol. The molecule has 122 valence electrons. The van der Waals surface area contributed by atoms with E-state index in [-0.39, 0.29) is 20.9 Å². The molecule has 1 heterocycles. The molecule has 1 N–H and O–H groups in total. The highest BCUT2D eigenvalue weighted by atomic mass is 35.5. The lowest BCUT2D eigenvalue weighted by atomic mass is 10.2. The van der Waals surface area contributed by atoms with Gasteiger partial charge in [-0.05, 0) is 41.3 Å². The SMILES string of the molecule is CCc1nnc(S/C(=C\c2cc(Cl)c([O-])c(OC)c2)C(=O)O)o1. The van der Waals surface area contributed by atoms with Crippen molar-refractivity contribution in [2.24, 2.45) is 0 Å². The predicted octanol–water partition coefficient (Wildman–Crippen LogP) is 2.59. The van der Waals surface area contributed by atoms with Crippen LogP contribution in [0.4, 0.5) is 0 Å². The number of carboxylic acid groups (broad SMARTS) is 1. The van der Waals surface area contributed by atoms with Crippen molar-refractivity contribution >= 4 is 35.4 Å². The van der Waals surface area contributed by atoms with Crippen LogP contribution < -0.4 is 9.84 Å². The summed E-state index contributed by atoms with van der Waals surface area (Å²) >= 11 is 6.64. The van der Waals surface area contributed by atoms with E-state index < -0.39 is 11.7 Å². The van der Waals surface area contributed by atoms with E-state index >= 15 is 0 Å². The minimum absolute atomic E-state index is 0.0320. The minimum Gasteiger partial charge on any atom is -0.869 e. The molecule has 9 heteroatoms. The summed E-state index contributed by atoms with van der Waals surface area (Å²) in [4.78, 5) is 11.3. The maximum Gasteiger partial charge on any atom is 0.342 e. The van der Waals surface area contributed by atoms with Crippen molar-refractivity contribution in [1.29, 1.82) is 0 Å². The third-order valence-electron chi connectivity index (χ3n) is 2.71. The van der Waals surface area contributed by atoms with Gasteiger partial charge in [0.1, 0.15) is 10.7 Å². The number of hydrogen-bond donors (Lipinski definition) is 1. The van der Waals surface area contributed by atoms with Gasteiger partial charge in [0.25, 0.3) is 5.22 Å². The van der Waals surface area contributed by atoms with Gasteiger partial charge in [0, 0.05) is 11.4 Å². The zero-order valence-corrected chi connectivity index (χ0v) is 13.8. The maximum atomic E-state index is 11.7.